The van der Waals surface area contributed by atoms with Gasteiger partial charge in [-0.2, -0.15) is 13.2 Å². The van der Waals surface area contributed by atoms with Crippen LogP contribution < -0.4 is 5.32 Å². The molecule has 1 aromatic heterocycles. The molecule has 0 bridgehead atoms. The predicted octanol–water partition coefficient (Wildman–Crippen LogP) is 3.40. The molecule has 2 unspecified atom stereocenters. The highest BCUT2D eigenvalue weighted by Crippen LogP contribution is 2.37. The Morgan fingerprint density at radius 2 is 2.22 bits per heavy atom. The van der Waals surface area contributed by atoms with Crippen molar-refractivity contribution in [1.29, 1.82) is 0 Å². The molecular weight excluding hydrogens is 261 g/mol. The van der Waals surface area contributed by atoms with Crippen LogP contribution >= 0.6 is 11.3 Å². The van der Waals surface area contributed by atoms with Gasteiger partial charge in [-0.25, -0.2) is 4.98 Å². The molecule has 0 saturated heterocycles. The maximum atomic E-state index is 12.6. The summed E-state index contributed by atoms with van der Waals surface area (Å²) in [5.41, 5.74) is 2.78. The summed E-state index contributed by atoms with van der Waals surface area (Å²) in [5, 5.41) is 5.20. The SMILES string of the molecule is FC(F)(F)C1CCCC(NCCc2cscn2)C1. The molecule has 0 spiro atoms. The molecule has 1 aliphatic carbocycles. The topological polar surface area (TPSA) is 24.9 Å². The van der Waals surface area contributed by atoms with Gasteiger partial charge in [0.2, 0.25) is 0 Å². The molecule has 2 atom stereocenters. The third-order valence-electron chi connectivity index (χ3n) is 3.43. The third-order valence-corrected chi connectivity index (χ3v) is 4.07. The number of alkyl halides is 3. The van der Waals surface area contributed by atoms with Crippen molar-refractivity contribution in [2.45, 2.75) is 44.3 Å². The Hall–Kier alpha value is -0.620. The smallest absolute Gasteiger partial charge is 0.314 e. The summed E-state index contributed by atoms with van der Waals surface area (Å²) < 4.78 is 37.9. The van der Waals surface area contributed by atoms with E-state index in [0.717, 1.165) is 18.5 Å². The average Bonchev–Trinajstić information content (AvgIpc) is 2.81. The van der Waals surface area contributed by atoms with Gasteiger partial charge in [0.1, 0.15) is 0 Å². The first-order chi connectivity index (χ1) is 8.55. The predicted molar refractivity (Wildman–Crippen MR) is 65.6 cm³/mol. The Kier molecular flexibility index (Phi) is 4.61. The van der Waals surface area contributed by atoms with Crippen LogP contribution in [0.1, 0.15) is 31.4 Å². The highest BCUT2D eigenvalue weighted by molar-refractivity contribution is 7.07. The quantitative estimate of drug-likeness (QED) is 0.913. The lowest BCUT2D eigenvalue weighted by Crippen LogP contribution is -2.39. The van der Waals surface area contributed by atoms with Gasteiger partial charge in [-0.1, -0.05) is 6.42 Å². The lowest BCUT2D eigenvalue weighted by atomic mass is 9.85. The second-order valence-electron chi connectivity index (χ2n) is 4.79. The molecule has 18 heavy (non-hydrogen) atoms. The van der Waals surface area contributed by atoms with Crippen molar-refractivity contribution in [3.8, 4) is 0 Å². The molecular formula is C12H17F3N2S. The molecule has 1 saturated carbocycles. The van der Waals surface area contributed by atoms with Gasteiger partial charge in [0.05, 0.1) is 17.1 Å². The Labute approximate surface area is 109 Å². The number of halogens is 3. The summed E-state index contributed by atoms with van der Waals surface area (Å²) in [6.45, 7) is 0.707. The second kappa shape index (κ2) is 6.02. The number of aromatic nitrogens is 1. The fraction of sp³-hybridized carbons (Fsp3) is 0.750. The van der Waals surface area contributed by atoms with Gasteiger partial charge in [0, 0.05) is 24.4 Å². The number of hydrogen-bond donors (Lipinski definition) is 1. The Morgan fingerprint density at radius 1 is 1.39 bits per heavy atom. The Bertz CT molecular complexity index is 351. The monoisotopic (exact) mass is 278 g/mol. The molecule has 1 aliphatic rings. The van der Waals surface area contributed by atoms with Crippen molar-refractivity contribution in [2.75, 3.05) is 6.54 Å². The maximum Gasteiger partial charge on any atom is 0.391 e. The normalized spacial score (nSPS) is 25.3. The summed E-state index contributed by atoms with van der Waals surface area (Å²) in [5.74, 6) is -1.12. The van der Waals surface area contributed by atoms with E-state index in [1.165, 1.54) is 0 Å². The molecule has 2 nitrogen and oxygen atoms in total. The van der Waals surface area contributed by atoms with Gasteiger partial charge in [-0.15, -0.1) is 11.3 Å². The van der Waals surface area contributed by atoms with Crippen LogP contribution in [-0.4, -0.2) is 23.7 Å². The van der Waals surface area contributed by atoms with Crippen molar-refractivity contribution in [3.05, 3.63) is 16.6 Å². The van der Waals surface area contributed by atoms with Crippen molar-refractivity contribution >= 4 is 11.3 Å². The molecule has 1 fully saturated rings. The van der Waals surface area contributed by atoms with Gasteiger partial charge in [-0.3, -0.25) is 0 Å². The Morgan fingerprint density at radius 3 is 2.89 bits per heavy atom. The molecule has 1 heterocycles. The summed E-state index contributed by atoms with van der Waals surface area (Å²) in [7, 11) is 0. The molecule has 0 aromatic carbocycles. The van der Waals surface area contributed by atoms with Crippen LogP contribution in [0.2, 0.25) is 0 Å². The molecule has 0 radical (unpaired) electrons. The number of nitrogens with zero attached hydrogens (tertiary/aromatic N) is 1. The number of rotatable bonds is 4. The van der Waals surface area contributed by atoms with E-state index in [4.69, 9.17) is 0 Å². The zero-order valence-electron chi connectivity index (χ0n) is 10.0. The number of thiazole rings is 1. The maximum absolute atomic E-state index is 12.6. The first kappa shape index (κ1) is 13.8. The summed E-state index contributed by atoms with van der Waals surface area (Å²) >= 11 is 1.54. The molecule has 0 aliphatic heterocycles. The van der Waals surface area contributed by atoms with Crippen LogP contribution in [0.3, 0.4) is 0 Å². The second-order valence-corrected chi connectivity index (χ2v) is 5.50. The van der Waals surface area contributed by atoms with E-state index in [2.05, 4.69) is 10.3 Å². The minimum Gasteiger partial charge on any atom is -0.314 e. The molecule has 0 amide bonds. The minimum absolute atomic E-state index is 0.00371. The van der Waals surface area contributed by atoms with Crippen LogP contribution in [0.15, 0.2) is 10.9 Å². The first-order valence-electron chi connectivity index (χ1n) is 6.23. The zero-order valence-corrected chi connectivity index (χ0v) is 10.9. The lowest BCUT2D eigenvalue weighted by molar-refractivity contribution is -0.183. The van der Waals surface area contributed by atoms with E-state index in [-0.39, 0.29) is 18.9 Å². The van der Waals surface area contributed by atoms with Crippen LogP contribution in [0, 0.1) is 5.92 Å². The van der Waals surface area contributed by atoms with Crippen molar-refractivity contribution in [3.63, 3.8) is 0 Å². The summed E-state index contributed by atoms with van der Waals surface area (Å²) in [6, 6.07) is 0.00371. The van der Waals surface area contributed by atoms with Crippen LogP contribution in [-0.2, 0) is 6.42 Å². The van der Waals surface area contributed by atoms with Crippen LogP contribution in [0.25, 0.3) is 0 Å². The first-order valence-corrected chi connectivity index (χ1v) is 7.17. The van der Waals surface area contributed by atoms with Gasteiger partial charge < -0.3 is 5.32 Å². The van der Waals surface area contributed by atoms with E-state index >= 15 is 0 Å². The van der Waals surface area contributed by atoms with E-state index in [9.17, 15) is 13.2 Å². The van der Waals surface area contributed by atoms with Crippen LogP contribution in [0.4, 0.5) is 13.2 Å². The van der Waals surface area contributed by atoms with Crippen molar-refractivity contribution in [1.82, 2.24) is 10.3 Å². The molecule has 1 aromatic rings. The van der Waals surface area contributed by atoms with Gasteiger partial charge in [0.25, 0.3) is 0 Å². The minimum atomic E-state index is -4.03. The third kappa shape index (κ3) is 3.95. The number of hydrogen-bond acceptors (Lipinski definition) is 3. The summed E-state index contributed by atoms with van der Waals surface area (Å²) in [4.78, 5) is 4.15. The highest BCUT2D eigenvalue weighted by atomic mass is 32.1. The van der Waals surface area contributed by atoms with Gasteiger partial charge >= 0.3 is 6.18 Å². The Balaban J connectivity index is 1.73. The van der Waals surface area contributed by atoms with Gasteiger partial charge in [0.15, 0.2) is 0 Å². The number of nitrogens with one attached hydrogen (secondary N) is 1. The van der Waals surface area contributed by atoms with E-state index in [1.54, 1.807) is 16.8 Å². The van der Waals surface area contributed by atoms with E-state index in [0.29, 0.717) is 13.0 Å². The fourth-order valence-corrected chi connectivity index (χ4v) is 3.03. The lowest BCUT2D eigenvalue weighted by Gasteiger charge is -2.31. The van der Waals surface area contributed by atoms with Crippen molar-refractivity contribution in [2.24, 2.45) is 5.92 Å². The standard InChI is InChI=1S/C12H17F3N2S/c13-12(14,15)9-2-1-3-10(6-9)16-5-4-11-7-18-8-17-11/h7-10,16H,1-6H2. The van der Waals surface area contributed by atoms with Gasteiger partial charge in [-0.05, 0) is 19.3 Å². The van der Waals surface area contributed by atoms with Crippen molar-refractivity contribution < 1.29 is 13.2 Å². The van der Waals surface area contributed by atoms with E-state index in [1.807, 2.05) is 5.38 Å². The largest absolute Gasteiger partial charge is 0.391 e. The average molecular weight is 278 g/mol. The molecule has 6 heteroatoms. The molecule has 2 rings (SSSR count). The summed E-state index contributed by atoms with van der Waals surface area (Å²) in [6.07, 6.45) is -1.22. The molecule has 1 N–H and O–H groups in total. The zero-order chi connectivity index (χ0) is 13.0. The van der Waals surface area contributed by atoms with E-state index < -0.39 is 12.1 Å². The molecule has 102 valence electrons. The van der Waals surface area contributed by atoms with Crippen LogP contribution in [0.5, 0.6) is 0 Å². The fourth-order valence-electron chi connectivity index (χ4n) is 2.44. The highest BCUT2D eigenvalue weighted by Gasteiger charge is 2.41.